The molecule has 0 fully saturated rings. The van der Waals surface area contributed by atoms with Gasteiger partial charge in [-0.05, 0) is 31.0 Å². The highest BCUT2D eigenvalue weighted by molar-refractivity contribution is 5.94. The highest BCUT2D eigenvalue weighted by atomic mass is 16.5. The number of carboxylic acid groups (broad SMARTS) is 1. The quantitative estimate of drug-likeness (QED) is 0.660. The van der Waals surface area contributed by atoms with Gasteiger partial charge in [0, 0.05) is 12.1 Å². The summed E-state index contributed by atoms with van der Waals surface area (Å²) in [6.07, 6.45) is 1.09. The van der Waals surface area contributed by atoms with E-state index < -0.39 is 11.9 Å². The molecule has 3 N–H and O–H groups in total. The fourth-order valence-electron chi connectivity index (χ4n) is 1.67. The van der Waals surface area contributed by atoms with Gasteiger partial charge in [-0.25, -0.2) is 0 Å². The molecule has 0 heterocycles. The second-order valence-electron chi connectivity index (χ2n) is 4.52. The maximum atomic E-state index is 11.8. The van der Waals surface area contributed by atoms with E-state index in [0.29, 0.717) is 30.7 Å². The van der Waals surface area contributed by atoms with Gasteiger partial charge in [-0.1, -0.05) is 6.92 Å². The zero-order valence-corrected chi connectivity index (χ0v) is 11.5. The number of amides is 1. The average Bonchev–Trinajstić information content (AvgIpc) is 2.42. The van der Waals surface area contributed by atoms with Crippen LogP contribution in [0.4, 0.5) is 0 Å². The van der Waals surface area contributed by atoms with Gasteiger partial charge in [-0.15, -0.1) is 0 Å². The van der Waals surface area contributed by atoms with E-state index in [-0.39, 0.29) is 11.7 Å². The smallest absolute Gasteiger partial charge is 0.306 e. The third kappa shape index (κ3) is 4.46. The van der Waals surface area contributed by atoms with Crippen molar-refractivity contribution in [1.82, 2.24) is 5.32 Å². The van der Waals surface area contributed by atoms with Crippen LogP contribution < -0.4 is 10.1 Å². The first-order valence-corrected chi connectivity index (χ1v) is 6.33. The molecular weight excluding hydrogens is 262 g/mol. The largest absolute Gasteiger partial charge is 0.504 e. The van der Waals surface area contributed by atoms with E-state index in [4.69, 9.17) is 9.84 Å². The minimum Gasteiger partial charge on any atom is -0.504 e. The normalized spacial score (nSPS) is 11.7. The summed E-state index contributed by atoms with van der Waals surface area (Å²) in [5.74, 6) is -1.37. The van der Waals surface area contributed by atoms with Crippen molar-refractivity contribution in [2.75, 3.05) is 13.7 Å². The Morgan fingerprint density at radius 2 is 2.10 bits per heavy atom. The molecule has 1 amide bonds. The topological polar surface area (TPSA) is 95.9 Å². The lowest BCUT2D eigenvalue weighted by atomic mass is 10.1. The second-order valence-corrected chi connectivity index (χ2v) is 4.52. The second kappa shape index (κ2) is 7.37. The highest BCUT2D eigenvalue weighted by Gasteiger charge is 2.11. The number of methoxy groups -OCH3 is 1. The third-order valence-corrected chi connectivity index (χ3v) is 2.96. The van der Waals surface area contributed by atoms with Crippen LogP contribution in [-0.4, -0.2) is 35.7 Å². The summed E-state index contributed by atoms with van der Waals surface area (Å²) in [6.45, 7) is 2.02. The molecule has 6 nitrogen and oxygen atoms in total. The molecule has 1 unspecified atom stereocenters. The van der Waals surface area contributed by atoms with Crippen LogP contribution >= 0.6 is 0 Å². The predicted octanol–water partition coefficient (Wildman–Crippen LogP) is 1.63. The lowest BCUT2D eigenvalue weighted by Crippen LogP contribution is -2.25. The van der Waals surface area contributed by atoms with Crippen LogP contribution in [0, 0.1) is 5.92 Å². The fraction of sp³-hybridized carbons (Fsp3) is 0.429. The molecule has 110 valence electrons. The van der Waals surface area contributed by atoms with Crippen LogP contribution in [0.1, 0.15) is 30.1 Å². The third-order valence-electron chi connectivity index (χ3n) is 2.96. The number of ether oxygens (including phenoxy) is 1. The number of aromatic hydroxyl groups is 1. The average molecular weight is 281 g/mol. The number of aliphatic carboxylic acids is 1. The van der Waals surface area contributed by atoms with Crippen molar-refractivity contribution in [3.63, 3.8) is 0 Å². The molecule has 1 rings (SSSR count). The zero-order valence-electron chi connectivity index (χ0n) is 11.5. The summed E-state index contributed by atoms with van der Waals surface area (Å²) in [5, 5.41) is 21.0. The molecule has 0 spiro atoms. The van der Waals surface area contributed by atoms with Gasteiger partial charge in [-0.2, -0.15) is 0 Å². The summed E-state index contributed by atoms with van der Waals surface area (Å²) in [7, 11) is 1.43. The van der Waals surface area contributed by atoms with Crippen LogP contribution in [0.3, 0.4) is 0 Å². The molecule has 1 atom stereocenters. The molecule has 0 aliphatic rings. The Kier molecular flexibility index (Phi) is 5.83. The number of nitrogens with one attached hydrogen (secondary N) is 1. The lowest BCUT2D eigenvalue weighted by molar-refractivity contribution is -0.141. The van der Waals surface area contributed by atoms with E-state index in [9.17, 15) is 14.7 Å². The van der Waals surface area contributed by atoms with E-state index in [1.807, 2.05) is 0 Å². The van der Waals surface area contributed by atoms with Crippen LogP contribution in [0.5, 0.6) is 11.5 Å². The molecule has 0 saturated carbocycles. The van der Waals surface area contributed by atoms with Crippen LogP contribution in [0.2, 0.25) is 0 Å². The van der Waals surface area contributed by atoms with Gasteiger partial charge >= 0.3 is 5.97 Å². The fourth-order valence-corrected chi connectivity index (χ4v) is 1.67. The molecule has 0 bridgehead atoms. The van der Waals surface area contributed by atoms with Gasteiger partial charge in [0.15, 0.2) is 11.5 Å². The van der Waals surface area contributed by atoms with E-state index in [1.165, 1.54) is 19.2 Å². The van der Waals surface area contributed by atoms with Crippen molar-refractivity contribution < 1.29 is 24.5 Å². The van der Waals surface area contributed by atoms with Crippen molar-refractivity contribution in [2.24, 2.45) is 5.92 Å². The van der Waals surface area contributed by atoms with E-state index in [1.54, 1.807) is 13.0 Å². The van der Waals surface area contributed by atoms with Crippen molar-refractivity contribution in [1.29, 1.82) is 0 Å². The number of phenols is 1. The Morgan fingerprint density at radius 3 is 2.65 bits per heavy atom. The minimum atomic E-state index is -0.837. The Bertz CT molecular complexity index is 486. The molecule has 1 aromatic carbocycles. The van der Waals surface area contributed by atoms with E-state index in [0.717, 1.165) is 0 Å². The maximum absolute atomic E-state index is 11.8. The summed E-state index contributed by atoms with van der Waals surface area (Å²) in [6, 6.07) is 4.39. The number of carbonyl (C=O) groups is 2. The molecule has 6 heteroatoms. The summed E-state index contributed by atoms with van der Waals surface area (Å²) < 4.78 is 4.89. The summed E-state index contributed by atoms with van der Waals surface area (Å²) in [4.78, 5) is 22.4. The molecule has 0 aliphatic heterocycles. The first kappa shape index (κ1) is 15.8. The van der Waals surface area contributed by atoms with Crippen LogP contribution in [-0.2, 0) is 4.79 Å². The standard InChI is InChI=1S/C14H19NO5/c1-9(14(18)19)4-3-7-15-13(17)10-5-6-12(20-2)11(16)8-10/h5-6,8-9,16H,3-4,7H2,1-2H3,(H,15,17)(H,18,19). The SMILES string of the molecule is COc1ccc(C(=O)NCCCC(C)C(=O)O)cc1O. The molecular formula is C14H19NO5. The summed E-state index contributed by atoms with van der Waals surface area (Å²) in [5.41, 5.74) is 0.328. The predicted molar refractivity (Wildman–Crippen MR) is 73.0 cm³/mol. The van der Waals surface area contributed by atoms with Gasteiger partial charge in [0.05, 0.1) is 13.0 Å². The molecule has 0 aromatic heterocycles. The first-order chi connectivity index (χ1) is 9.45. The van der Waals surface area contributed by atoms with Gasteiger partial charge < -0.3 is 20.3 Å². The lowest BCUT2D eigenvalue weighted by Gasteiger charge is -2.09. The summed E-state index contributed by atoms with van der Waals surface area (Å²) >= 11 is 0. The maximum Gasteiger partial charge on any atom is 0.306 e. The number of carboxylic acids is 1. The number of rotatable bonds is 7. The van der Waals surface area contributed by atoms with Crippen LogP contribution in [0.15, 0.2) is 18.2 Å². The number of hydrogen-bond acceptors (Lipinski definition) is 4. The monoisotopic (exact) mass is 281 g/mol. The molecule has 20 heavy (non-hydrogen) atoms. The Labute approximate surface area is 117 Å². The molecule has 1 aromatic rings. The Balaban J connectivity index is 2.43. The van der Waals surface area contributed by atoms with E-state index >= 15 is 0 Å². The van der Waals surface area contributed by atoms with Crippen molar-refractivity contribution in [3.05, 3.63) is 23.8 Å². The van der Waals surface area contributed by atoms with Crippen LogP contribution in [0.25, 0.3) is 0 Å². The first-order valence-electron chi connectivity index (χ1n) is 6.33. The van der Waals surface area contributed by atoms with Gasteiger partial charge in [0.2, 0.25) is 0 Å². The Morgan fingerprint density at radius 1 is 1.40 bits per heavy atom. The Hall–Kier alpha value is -2.24. The zero-order chi connectivity index (χ0) is 15.1. The number of carbonyl (C=O) groups excluding carboxylic acids is 1. The van der Waals surface area contributed by atoms with E-state index in [2.05, 4.69) is 5.32 Å². The molecule has 0 aliphatic carbocycles. The number of phenolic OH excluding ortho intramolecular Hbond substituents is 1. The molecule has 0 radical (unpaired) electrons. The molecule has 0 saturated heterocycles. The van der Waals surface area contributed by atoms with Crippen molar-refractivity contribution >= 4 is 11.9 Å². The van der Waals surface area contributed by atoms with Gasteiger partial charge in [0.1, 0.15) is 0 Å². The number of hydrogen-bond donors (Lipinski definition) is 3. The number of benzene rings is 1. The van der Waals surface area contributed by atoms with Gasteiger partial charge in [0.25, 0.3) is 5.91 Å². The van der Waals surface area contributed by atoms with Gasteiger partial charge in [-0.3, -0.25) is 9.59 Å². The minimum absolute atomic E-state index is 0.0975. The van der Waals surface area contributed by atoms with Crippen molar-refractivity contribution in [3.8, 4) is 11.5 Å². The highest BCUT2D eigenvalue weighted by Crippen LogP contribution is 2.26. The van der Waals surface area contributed by atoms with Crippen molar-refractivity contribution in [2.45, 2.75) is 19.8 Å².